The van der Waals surface area contributed by atoms with E-state index in [0.29, 0.717) is 0 Å². The molecule has 0 saturated heterocycles. The zero-order valence-corrected chi connectivity index (χ0v) is 14.4. The Kier molecular flexibility index (Phi) is 5.52. The Balaban J connectivity index is 1.83. The lowest BCUT2D eigenvalue weighted by Crippen LogP contribution is -2.13. The molecule has 0 saturated carbocycles. The molecule has 0 heterocycles. The molecular formula is C21H20ClNO. The molecule has 3 aromatic rings. The average molecular weight is 338 g/mol. The summed E-state index contributed by atoms with van der Waals surface area (Å²) in [6.45, 7) is 1.60. The van der Waals surface area contributed by atoms with E-state index < -0.39 is 0 Å². The third-order valence-electron chi connectivity index (χ3n) is 3.95. The van der Waals surface area contributed by atoms with Gasteiger partial charge in [-0.15, -0.1) is 0 Å². The van der Waals surface area contributed by atoms with Crippen LogP contribution in [0.2, 0.25) is 5.02 Å². The maximum absolute atomic E-state index is 6.02. The van der Waals surface area contributed by atoms with Gasteiger partial charge in [-0.25, -0.2) is 0 Å². The van der Waals surface area contributed by atoms with Gasteiger partial charge in [0.15, 0.2) is 0 Å². The van der Waals surface area contributed by atoms with Crippen molar-refractivity contribution >= 4 is 11.6 Å². The normalized spacial score (nSPS) is 10.6. The molecule has 0 radical (unpaired) electrons. The first-order valence-corrected chi connectivity index (χ1v) is 8.32. The number of hydrogen-bond acceptors (Lipinski definition) is 2. The molecule has 0 amide bonds. The Morgan fingerprint density at radius 1 is 0.833 bits per heavy atom. The van der Waals surface area contributed by atoms with Gasteiger partial charge in [0.2, 0.25) is 0 Å². The van der Waals surface area contributed by atoms with Crippen molar-refractivity contribution in [2.45, 2.75) is 13.1 Å². The minimum absolute atomic E-state index is 0.734. The molecule has 1 N–H and O–H groups in total. The van der Waals surface area contributed by atoms with Crippen LogP contribution in [-0.2, 0) is 13.1 Å². The van der Waals surface area contributed by atoms with Crippen molar-refractivity contribution in [3.63, 3.8) is 0 Å². The van der Waals surface area contributed by atoms with Crippen molar-refractivity contribution in [2.75, 3.05) is 7.11 Å². The van der Waals surface area contributed by atoms with Crippen LogP contribution in [0.3, 0.4) is 0 Å². The quantitative estimate of drug-likeness (QED) is 0.658. The van der Waals surface area contributed by atoms with E-state index in [0.717, 1.165) is 35.0 Å². The van der Waals surface area contributed by atoms with Crippen LogP contribution in [0.15, 0.2) is 72.8 Å². The summed E-state index contributed by atoms with van der Waals surface area (Å²) in [6, 6.07) is 24.4. The summed E-state index contributed by atoms with van der Waals surface area (Å²) >= 11 is 6.02. The highest BCUT2D eigenvalue weighted by molar-refractivity contribution is 6.30. The molecule has 0 aromatic heterocycles. The maximum atomic E-state index is 6.02. The van der Waals surface area contributed by atoms with Crippen LogP contribution >= 0.6 is 11.6 Å². The summed E-state index contributed by atoms with van der Waals surface area (Å²) in [5.74, 6) is 0.872. The molecule has 122 valence electrons. The van der Waals surface area contributed by atoms with Crippen molar-refractivity contribution in [3.8, 4) is 16.9 Å². The number of benzene rings is 3. The highest BCUT2D eigenvalue weighted by atomic mass is 35.5. The van der Waals surface area contributed by atoms with Gasteiger partial charge in [-0.2, -0.15) is 0 Å². The van der Waals surface area contributed by atoms with Crippen LogP contribution in [0.1, 0.15) is 11.1 Å². The van der Waals surface area contributed by atoms with Crippen molar-refractivity contribution in [2.24, 2.45) is 0 Å². The monoisotopic (exact) mass is 337 g/mol. The zero-order chi connectivity index (χ0) is 16.8. The number of ether oxygens (including phenoxy) is 1. The van der Waals surface area contributed by atoms with Crippen LogP contribution in [0.25, 0.3) is 11.1 Å². The highest BCUT2D eigenvalue weighted by Crippen LogP contribution is 2.34. The predicted octanol–water partition coefficient (Wildman–Crippen LogP) is 5.31. The molecular weight excluding hydrogens is 318 g/mol. The predicted molar refractivity (Wildman–Crippen MR) is 100 cm³/mol. The van der Waals surface area contributed by atoms with Crippen molar-refractivity contribution in [1.29, 1.82) is 0 Å². The van der Waals surface area contributed by atoms with Crippen LogP contribution < -0.4 is 10.1 Å². The van der Waals surface area contributed by atoms with E-state index in [2.05, 4.69) is 35.6 Å². The number of methoxy groups -OCH3 is 1. The fraction of sp³-hybridized carbons (Fsp3) is 0.143. The molecule has 0 aliphatic rings. The summed E-state index contributed by atoms with van der Waals surface area (Å²) in [5.41, 5.74) is 4.69. The van der Waals surface area contributed by atoms with Crippen molar-refractivity contribution in [3.05, 3.63) is 88.9 Å². The molecule has 0 unspecified atom stereocenters. The molecule has 3 aromatic carbocycles. The minimum Gasteiger partial charge on any atom is -0.496 e. The van der Waals surface area contributed by atoms with E-state index in [1.165, 1.54) is 11.1 Å². The lowest BCUT2D eigenvalue weighted by Gasteiger charge is -2.15. The lowest BCUT2D eigenvalue weighted by molar-refractivity contribution is 0.416. The molecule has 24 heavy (non-hydrogen) atoms. The van der Waals surface area contributed by atoms with Gasteiger partial charge in [0.05, 0.1) is 7.11 Å². The van der Waals surface area contributed by atoms with Gasteiger partial charge in [0.25, 0.3) is 0 Å². The Hall–Kier alpha value is -2.29. The van der Waals surface area contributed by atoms with Gasteiger partial charge in [-0.3, -0.25) is 0 Å². The molecule has 3 rings (SSSR count). The van der Waals surface area contributed by atoms with Gasteiger partial charge in [-0.1, -0.05) is 66.2 Å². The van der Waals surface area contributed by atoms with E-state index in [-0.39, 0.29) is 0 Å². The number of nitrogens with one attached hydrogen (secondary N) is 1. The zero-order valence-electron chi connectivity index (χ0n) is 13.6. The van der Waals surface area contributed by atoms with Crippen LogP contribution in [0.5, 0.6) is 5.75 Å². The molecule has 2 nitrogen and oxygen atoms in total. The first-order chi connectivity index (χ1) is 11.8. The van der Waals surface area contributed by atoms with E-state index in [1.807, 2.05) is 42.5 Å². The fourth-order valence-corrected chi connectivity index (χ4v) is 2.90. The second-order valence-corrected chi connectivity index (χ2v) is 6.03. The second-order valence-electron chi connectivity index (χ2n) is 5.59. The molecule has 0 aliphatic carbocycles. The fourth-order valence-electron chi connectivity index (χ4n) is 2.78. The van der Waals surface area contributed by atoms with Gasteiger partial charge >= 0.3 is 0 Å². The van der Waals surface area contributed by atoms with E-state index in [4.69, 9.17) is 16.3 Å². The molecule has 0 spiro atoms. The van der Waals surface area contributed by atoms with E-state index in [9.17, 15) is 0 Å². The summed E-state index contributed by atoms with van der Waals surface area (Å²) < 4.78 is 5.57. The summed E-state index contributed by atoms with van der Waals surface area (Å²) in [4.78, 5) is 0. The molecule has 0 aliphatic heterocycles. The Bertz CT molecular complexity index is 785. The molecule has 3 heteroatoms. The smallest absolute Gasteiger partial charge is 0.127 e. The molecule has 0 bridgehead atoms. The first-order valence-electron chi connectivity index (χ1n) is 7.94. The number of halogens is 1. The van der Waals surface area contributed by atoms with Gasteiger partial charge in [-0.05, 0) is 34.9 Å². The van der Waals surface area contributed by atoms with E-state index in [1.54, 1.807) is 7.11 Å². The van der Waals surface area contributed by atoms with E-state index >= 15 is 0 Å². The molecule has 0 atom stereocenters. The highest BCUT2D eigenvalue weighted by Gasteiger charge is 2.11. The number of hydrogen-bond donors (Lipinski definition) is 1. The lowest BCUT2D eigenvalue weighted by atomic mass is 9.98. The van der Waals surface area contributed by atoms with Crippen LogP contribution in [0, 0.1) is 0 Å². The van der Waals surface area contributed by atoms with Gasteiger partial charge in [0, 0.05) is 23.7 Å². The summed E-state index contributed by atoms with van der Waals surface area (Å²) in [7, 11) is 1.70. The topological polar surface area (TPSA) is 21.3 Å². The first kappa shape index (κ1) is 16.6. The summed E-state index contributed by atoms with van der Waals surface area (Å²) in [5, 5.41) is 4.24. The van der Waals surface area contributed by atoms with Crippen molar-refractivity contribution < 1.29 is 4.74 Å². The second kappa shape index (κ2) is 8.00. The minimum atomic E-state index is 0.734. The third-order valence-corrected chi connectivity index (χ3v) is 4.20. The third kappa shape index (κ3) is 3.97. The van der Waals surface area contributed by atoms with Gasteiger partial charge in [0.1, 0.15) is 5.75 Å². The van der Waals surface area contributed by atoms with Crippen LogP contribution in [0.4, 0.5) is 0 Å². The maximum Gasteiger partial charge on any atom is 0.127 e. The van der Waals surface area contributed by atoms with Gasteiger partial charge < -0.3 is 10.1 Å². The molecule has 0 fully saturated rings. The van der Waals surface area contributed by atoms with Crippen LogP contribution in [-0.4, -0.2) is 7.11 Å². The SMILES string of the molecule is COc1cccc(CNCc2ccccc2)c1-c1ccc(Cl)cc1. The van der Waals surface area contributed by atoms with Crippen molar-refractivity contribution in [1.82, 2.24) is 5.32 Å². The Labute approximate surface area is 148 Å². The number of rotatable bonds is 6. The largest absolute Gasteiger partial charge is 0.496 e. The Morgan fingerprint density at radius 2 is 1.58 bits per heavy atom. The summed E-state index contributed by atoms with van der Waals surface area (Å²) in [6.07, 6.45) is 0. The average Bonchev–Trinajstić information content (AvgIpc) is 2.63. The Morgan fingerprint density at radius 3 is 2.29 bits per heavy atom. The standard InChI is InChI=1S/C21H20ClNO/c1-24-20-9-5-8-18(15-23-14-16-6-3-2-4-7-16)21(20)17-10-12-19(22)13-11-17/h2-13,23H,14-15H2,1H3.